The number of nitrogens with two attached hydrogens (primary N) is 1. The van der Waals surface area contributed by atoms with Crippen LogP contribution in [0.5, 0.6) is 0 Å². The average Bonchev–Trinajstić information content (AvgIpc) is 3.37. The van der Waals surface area contributed by atoms with E-state index in [0.29, 0.717) is 21.2 Å². The summed E-state index contributed by atoms with van der Waals surface area (Å²) in [4.78, 5) is 16.1. The Morgan fingerprint density at radius 1 is 1.24 bits per heavy atom. The Bertz CT molecular complexity index is 1350. The molecule has 3 aromatic heterocycles. The van der Waals surface area contributed by atoms with Gasteiger partial charge in [0.05, 0.1) is 18.4 Å². The first kappa shape index (κ1) is 22.8. The highest BCUT2D eigenvalue weighted by molar-refractivity contribution is 7.21. The zero-order valence-electron chi connectivity index (χ0n) is 17.1. The summed E-state index contributed by atoms with van der Waals surface area (Å²) in [6.45, 7) is 1.27. The molecular weight excluding hydrogens is 462 g/mol. The van der Waals surface area contributed by atoms with Gasteiger partial charge in [-0.05, 0) is 30.2 Å². The lowest BCUT2D eigenvalue weighted by atomic mass is 9.96. The fraction of sp³-hybridized carbons (Fsp3) is 0.238. The Morgan fingerprint density at radius 3 is 2.64 bits per heavy atom. The van der Waals surface area contributed by atoms with Gasteiger partial charge in [0, 0.05) is 15.6 Å². The van der Waals surface area contributed by atoms with Crippen LogP contribution in [0.2, 0.25) is 0 Å². The number of hydrogen-bond acceptors (Lipinski definition) is 6. The number of carbonyl (C=O) groups excluding carboxylic acids is 1. The van der Waals surface area contributed by atoms with Crippen LogP contribution >= 0.6 is 11.3 Å². The molecule has 0 aliphatic heterocycles. The standard InChI is InChI=1S/C21H17F4N5O2S/c1-2-20(32,21(23,24)25)15-10-30(29-28-15)9-11-6-7-12-14(8-11)33-18(19(26)31)17(12)13-4-3-5-16(22)27-13/h3-8,10,32H,2,9H2,1H3,(H2,26,31). The van der Waals surface area contributed by atoms with Gasteiger partial charge >= 0.3 is 6.18 Å². The second-order valence-electron chi connectivity index (χ2n) is 7.36. The van der Waals surface area contributed by atoms with Crippen molar-refractivity contribution in [3.8, 4) is 11.3 Å². The molecule has 0 saturated heterocycles. The molecular formula is C21H17F4N5O2S. The van der Waals surface area contributed by atoms with Crippen LogP contribution in [0.3, 0.4) is 0 Å². The van der Waals surface area contributed by atoms with Gasteiger partial charge < -0.3 is 10.8 Å². The highest BCUT2D eigenvalue weighted by Crippen LogP contribution is 2.41. The largest absolute Gasteiger partial charge is 0.423 e. The summed E-state index contributed by atoms with van der Waals surface area (Å²) in [7, 11) is 0. The molecule has 3 N–H and O–H groups in total. The molecule has 0 saturated carbocycles. The minimum absolute atomic E-state index is 0.0674. The van der Waals surface area contributed by atoms with Crippen LogP contribution in [0.4, 0.5) is 17.6 Å². The molecule has 0 bridgehead atoms. The van der Waals surface area contributed by atoms with Gasteiger partial charge in [0.25, 0.3) is 5.91 Å². The van der Waals surface area contributed by atoms with Gasteiger partial charge in [-0.15, -0.1) is 16.4 Å². The van der Waals surface area contributed by atoms with Crippen LogP contribution in [-0.2, 0) is 12.1 Å². The summed E-state index contributed by atoms with van der Waals surface area (Å²) in [5, 5.41) is 17.9. The van der Waals surface area contributed by atoms with Crippen molar-refractivity contribution in [2.24, 2.45) is 5.73 Å². The van der Waals surface area contributed by atoms with E-state index in [4.69, 9.17) is 5.73 Å². The van der Waals surface area contributed by atoms with Gasteiger partial charge in [-0.2, -0.15) is 17.6 Å². The molecule has 0 aliphatic carbocycles. The number of nitrogens with zero attached hydrogens (tertiary/aromatic N) is 4. The molecule has 0 spiro atoms. The number of hydrogen-bond donors (Lipinski definition) is 2. The van der Waals surface area contributed by atoms with Crippen LogP contribution in [0.1, 0.15) is 34.3 Å². The van der Waals surface area contributed by atoms with E-state index in [0.717, 1.165) is 17.5 Å². The summed E-state index contributed by atoms with van der Waals surface area (Å²) in [6, 6.07) is 9.35. The molecule has 4 aromatic rings. The molecule has 3 heterocycles. The molecule has 172 valence electrons. The minimum atomic E-state index is -4.90. The van der Waals surface area contributed by atoms with E-state index in [2.05, 4.69) is 15.3 Å². The number of carbonyl (C=O) groups is 1. The van der Waals surface area contributed by atoms with Crippen molar-refractivity contribution in [2.45, 2.75) is 31.7 Å². The number of pyridine rings is 1. The number of primary amides is 1. The zero-order valence-corrected chi connectivity index (χ0v) is 17.9. The smallest absolute Gasteiger partial charge is 0.375 e. The monoisotopic (exact) mass is 479 g/mol. The predicted octanol–water partition coefficient (Wildman–Crippen LogP) is 4.00. The SMILES string of the molecule is CCC(O)(c1cn(Cc2ccc3c(-c4cccc(F)n4)c(C(N)=O)sc3c2)nn1)C(F)(F)F. The normalized spacial score (nSPS) is 13.9. The second kappa shape index (κ2) is 8.19. The number of alkyl halides is 3. The van der Waals surface area contributed by atoms with Crippen LogP contribution in [0, 0.1) is 5.95 Å². The van der Waals surface area contributed by atoms with E-state index < -0.39 is 35.7 Å². The van der Waals surface area contributed by atoms with Gasteiger partial charge in [0.1, 0.15) is 10.6 Å². The third kappa shape index (κ3) is 4.07. The lowest BCUT2D eigenvalue weighted by molar-refractivity contribution is -0.269. The number of amides is 1. The van der Waals surface area contributed by atoms with E-state index >= 15 is 0 Å². The van der Waals surface area contributed by atoms with Gasteiger partial charge in [-0.25, -0.2) is 9.67 Å². The van der Waals surface area contributed by atoms with Crippen LogP contribution in [0.25, 0.3) is 21.3 Å². The first-order chi connectivity index (χ1) is 15.5. The number of aliphatic hydroxyl groups is 1. The summed E-state index contributed by atoms with van der Waals surface area (Å²) in [5.74, 6) is -1.39. The highest BCUT2D eigenvalue weighted by atomic mass is 32.1. The number of thiophene rings is 1. The third-order valence-corrected chi connectivity index (χ3v) is 6.40. The predicted molar refractivity (Wildman–Crippen MR) is 113 cm³/mol. The fourth-order valence-electron chi connectivity index (χ4n) is 3.49. The van der Waals surface area contributed by atoms with Crippen molar-refractivity contribution in [1.29, 1.82) is 0 Å². The lowest BCUT2D eigenvalue weighted by Gasteiger charge is -2.26. The molecule has 0 fully saturated rings. The Balaban J connectivity index is 1.71. The molecule has 33 heavy (non-hydrogen) atoms. The molecule has 12 heteroatoms. The molecule has 1 aromatic carbocycles. The van der Waals surface area contributed by atoms with E-state index in [1.807, 2.05) is 0 Å². The summed E-state index contributed by atoms with van der Waals surface area (Å²) in [6.07, 6.45) is -4.46. The number of aromatic nitrogens is 4. The maximum Gasteiger partial charge on any atom is 0.423 e. The Labute approximate surface area is 188 Å². The Kier molecular flexibility index (Phi) is 5.66. The highest BCUT2D eigenvalue weighted by Gasteiger charge is 2.55. The summed E-state index contributed by atoms with van der Waals surface area (Å²) < 4.78 is 55.3. The van der Waals surface area contributed by atoms with Crippen molar-refractivity contribution in [2.75, 3.05) is 0 Å². The maximum atomic E-state index is 13.7. The second-order valence-corrected chi connectivity index (χ2v) is 8.41. The average molecular weight is 479 g/mol. The molecule has 4 rings (SSSR count). The van der Waals surface area contributed by atoms with Gasteiger partial charge in [0.15, 0.2) is 0 Å². The Hall–Kier alpha value is -3.38. The van der Waals surface area contributed by atoms with Crippen molar-refractivity contribution >= 4 is 27.3 Å². The van der Waals surface area contributed by atoms with Crippen molar-refractivity contribution in [3.63, 3.8) is 0 Å². The molecule has 1 atom stereocenters. The maximum absolute atomic E-state index is 13.7. The van der Waals surface area contributed by atoms with Crippen molar-refractivity contribution in [3.05, 3.63) is 64.7 Å². The van der Waals surface area contributed by atoms with Crippen molar-refractivity contribution < 1.29 is 27.5 Å². The number of halogens is 4. The van der Waals surface area contributed by atoms with E-state index in [1.165, 1.54) is 23.7 Å². The molecule has 1 amide bonds. The topological polar surface area (TPSA) is 107 Å². The summed E-state index contributed by atoms with van der Waals surface area (Å²) >= 11 is 1.10. The number of benzene rings is 1. The van der Waals surface area contributed by atoms with Crippen molar-refractivity contribution in [1.82, 2.24) is 20.0 Å². The quantitative estimate of drug-likeness (QED) is 0.321. The van der Waals surface area contributed by atoms with Crippen LogP contribution in [-0.4, -0.2) is 37.2 Å². The van der Waals surface area contributed by atoms with Gasteiger partial charge in [0.2, 0.25) is 11.5 Å². The third-order valence-electron chi connectivity index (χ3n) is 5.24. The van der Waals surface area contributed by atoms with E-state index in [1.54, 1.807) is 24.3 Å². The molecule has 0 radical (unpaired) electrons. The van der Waals surface area contributed by atoms with Gasteiger partial charge in [-0.3, -0.25) is 4.79 Å². The van der Waals surface area contributed by atoms with E-state index in [9.17, 15) is 27.5 Å². The minimum Gasteiger partial charge on any atom is -0.375 e. The Morgan fingerprint density at radius 2 is 2.00 bits per heavy atom. The van der Waals surface area contributed by atoms with Gasteiger partial charge in [-0.1, -0.05) is 30.3 Å². The molecule has 1 unspecified atom stereocenters. The van der Waals surface area contributed by atoms with Crippen LogP contribution < -0.4 is 5.73 Å². The van der Waals surface area contributed by atoms with E-state index in [-0.39, 0.29) is 17.1 Å². The molecule has 0 aliphatic rings. The first-order valence-electron chi connectivity index (χ1n) is 9.71. The fourth-order valence-corrected chi connectivity index (χ4v) is 4.62. The van der Waals surface area contributed by atoms with Crippen LogP contribution in [0.15, 0.2) is 42.6 Å². The number of rotatable bonds is 6. The first-order valence-corrected chi connectivity index (χ1v) is 10.5. The summed E-state index contributed by atoms with van der Waals surface area (Å²) in [5.41, 5.74) is 3.16. The lowest BCUT2D eigenvalue weighted by Crippen LogP contribution is -2.42. The zero-order chi connectivity index (χ0) is 24.0. The number of fused-ring (bicyclic) bond motifs is 1. The molecule has 7 nitrogen and oxygen atoms in total.